The third kappa shape index (κ3) is 3.06. The van der Waals surface area contributed by atoms with Crippen molar-refractivity contribution in [1.29, 1.82) is 0 Å². The van der Waals surface area contributed by atoms with Crippen LogP contribution in [0.1, 0.15) is 64.7 Å². The van der Waals surface area contributed by atoms with Gasteiger partial charge in [-0.25, -0.2) is 13.2 Å². The summed E-state index contributed by atoms with van der Waals surface area (Å²) in [5.74, 6) is -6.13. The number of hydrogen-bond donors (Lipinski definition) is 3. The molecule has 1 aromatic heterocycles. The molecular formula is C23H22F3N3O5. The Morgan fingerprint density at radius 3 is 2.53 bits per heavy atom. The molecule has 3 aliphatic rings. The Kier molecular flexibility index (Phi) is 4.84. The lowest BCUT2D eigenvalue weighted by molar-refractivity contribution is 0.0254. The van der Waals surface area contributed by atoms with Crippen LogP contribution in [0.5, 0.6) is 5.75 Å². The van der Waals surface area contributed by atoms with E-state index in [9.17, 15) is 37.8 Å². The highest BCUT2D eigenvalue weighted by Crippen LogP contribution is 2.51. The number of nitrogens with one attached hydrogen (secondary N) is 1. The summed E-state index contributed by atoms with van der Waals surface area (Å²) < 4.78 is 42.6. The molecular weight excluding hydrogens is 455 g/mol. The van der Waals surface area contributed by atoms with E-state index in [1.54, 1.807) is 4.90 Å². The second kappa shape index (κ2) is 7.33. The van der Waals surface area contributed by atoms with Crippen LogP contribution in [0, 0.1) is 17.5 Å². The highest BCUT2D eigenvalue weighted by Gasteiger charge is 2.57. The summed E-state index contributed by atoms with van der Waals surface area (Å²) in [7, 11) is 0. The molecule has 1 saturated heterocycles. The van der Waals surface area contributed by atoms with Crippen molar-refractivity contribution in [2.24, 2.45) is 0 Å². The van der Waals surface area contributed by atoms with Crippen LogP contribution in [-0.2, 0) is 17.7 Å². The van der Waals surface area contributed by atoms with Crippen molar-refractivity contribution < 1.29 is 33.0 Å². The van der Waals surface area contributed by atoms with Crippen LogP contribution in [0.15, 0.2) is 16.9 Å². The predicted molar refractivity (Wildman–Crippen MR) is 112 cm³/mol. The van der Waals surface area contributed by atoms with Crippen molar-refractivity contribution in [3.05, 3.63) is 62.3 Å². The van der Waals surface area contributed by atoms with Crippen LogP contribution in [0.25, 0.3) is 0 Å². The molecule has 3 aliphatic heterocycles. The van der Waals surface area contributed by atoms with Crippen LogP contribution in [0.2, 0.25) is 0 Å². The third-order valence-corrected chi connectivity index (χ3v) is 7.06. The summed E-state index contributed by atoms with van der Waals surface area (Å²) in [4.78, 5) is 40.9. The normalized spacial score (nSPS) is 25.2. The molecule has 0 saturated carbocycles. The maximum atomic E-state index is 14.0. The summed E-state index contributed by atoms with van der Waals surface area (Å²) in [5, 5.41) is 24.3. The van der Waals surface area contributed by atoms with Gasteiger partial charge in [-0.3, -0.25) is 14.4 Å². The van der Waals surface area contributed by atoms with Crippen molar-refractivity contribution in [3.63, 3.8) is 0 Å². The number of aliphatic hydroxyl groups is 1. The number of rotatable bonds is 3. The summed E-state index contributed by atoms with van der Waals surface area (Å²) in [6, 6.07) is 0.920. The number of nitrogens with zero attached hydrogens (tertiary/aromatic N) is 2. The fraction of sp³-hybridized carbons (Fsp3) is 0.435. The van der Waals surface area contributed by atoms with Gasteiger partial charge < -0.3 is 25.0 Å². The lowest BCUT2D eigenvalue weighted by Gasteiger charge is -2.41. The first-order chi connectivity index (χ1) is 16.0. The van der Waals surface area contributed by atoms with Gasteiger partial charge in [0.1, 0.15) is 28.6 Å². The summed E-state index contributed by atoms with van der Waals surface area (Å²) >= 11 is 0. The zero-order chi connectivity index (χ0) is 24.6. The van der Waals surface area contributed by atoms with E-state index < -0.39 is 69.3 Å². The molecule has 34 heavy (non-hydrogen) atoms. The summed E-state index contributed by atoms with van der Waals surface area (Å²) in [6.07, 6.45) is 2.12. The molecule has 8 nitrogen and oxygen atoms in total. The molecule has 5 rings (SSSR count). The number of pyridine rings is 1. The van der Waals surface area contributed by atoms with Crippen LogP contribution >= 0.6 is 0 Å². The van der Waals surface area contributed by atoms with Gasteiger partial charge in [-0.1, -0.05) is 0 Å². The molecule has 11 heteroatoms. The van der Waals surface area contributed by atoms with Crippen LogP contribution in [-0.4, -0.2) is 44.6 Å². The Morgan fingerprint density at radius 2 is 1.85 bits per heavy atom. The Labute approximate surface area is 191 Å². The zero-order valence-electron chi connectivity index (χ0n) is 18.3. The Morgan fingerprint density at radius 1 is 1.18 bits per heavy atom. The van der Waals surface area contributed by atoms with Gasteiger partial charge in [-0.15, -0.1) is 0 Å². The molecule has 1 aromatic carbocycles. The Balaban J connectivity index is 1.64. The number of benzene rings is 1. The standard InChI is InChI=1S/C23H22F3N3O5/c1-22(34)9-23-4-2-3-5-28(10-23)21(33)16-18(31)17(30)15(19(22)29(16)23)20(32)27-8-12-13(25)6-11(24)7-14(12)26/h6-7,31,34H,2-5,8-10H2,1H3,(H,27,32)/t22-,23-/m1/s1. The van der Waals surface area contributed by atoms with Gasteiger partial charge in [-0.05, 0) is 26.2 Å². The number of aromatic nitrogens is 1. The quantitative estimate of drug-likeness (QED) is 0.625. The van der Waals surface area contributed by atoms with E-state index in [0.717, 1.165) is 6.42 Å². The highest BCUT2D eigenvalue weighted by atomic mass is 19.1. The SMILES string of the molecule is C[C@@]1(O)C[C@]23CCCCN(C2)C(=O)c2c(O)c(=O)c(C(=O)NCc4c(F)cc(F)cc4F)c1n23. The fourth-order valence-electron chi connectivity index (χ4n) is 5.78. The molecule has 1 spiro atoms. The highest BCUT2D eigenvalue weighted by molar-refractivity contribution is 6.01. The minimum atomic E-state index is -1.69. The summed E-state index contributed by atoms with van der Waals surface area (Å²) in [5.41, 5.74) is -5.27. The topological polar surface area (TPSA) is 112 Å². The lowest BCUT2D eigenvalue weighted by atomic mass is 9.84. The van der Waals surface area contributed by atoms with E-state index in [4.69, 9.17) is 0 Å². The molecule has 2 atom stereocenters. The molecule has 2 bridgehead atoms. The van der Waals surface area contributed by atoms with E-state index in [1.165, 1.54) is 11.5 Å². The first kappa shape index (κ1) is 22.5. The van der Waals surface area contributed by atoms with Crippen LogP contribution in [0.4, 0.5) is 13.2 Å². The summed E-state index contributed by atoms with van der Waals surface area (Å²) in [6.45, 7) is 1.42. The maximum Gasteiger partial charge on any atom is 0.274 e. The number of hydrogen-bond acceptors (Lipinski definition) is 5. The van der Waals surface area contributed by atoms with Crippen molar-refractivity contribution in [2.75, 3.05) is 13.1 Å². The smallest absolute Gasteiger partial charge is 0.274 e. The maximum absolute atomic E-state index is 14.0. The van der Waals surface area contributed by atoms with Crippen LogP contribution < -0.4 is 10.7 Å². The number of carbonyl (C=O) groups is 2. The molecule has 0 unspecified atom stereocenters. The van der Waals surface area contributed by atoms with E-state index in [2.05, 4.69) is 5.32 Å². The number of amides is 2. The van der Waals surface area contributed by atoms with Gasteiger partial charge >= 0.3 is 0 Å². The van der Waals surface area contributed by atoms with E-state index in [-0.39, 0.29) is 24.4 Å². The monoisotopic (exact) mass is 477 g/mol. The first-order valence-electron chi connectivity index (χ1n) is 10.9. The second-order valence-corrected chi connectivity index (χ2v) is 9.47. The molecule has 2 aromatic rings. The van der Waals surface area contributed by atoms with Gasteiger partial charge in [0.05, 0.1) is 11.2 Å². The first-order valence-corrected chi connectivity index (χ1v) is 10.9. The molecule has 0 aliphatic carbocycles. The zero-order valence-corrected chi connectivity index (χ0v) is 18.3. The number of fused-ring (bicyclic) bond motifs is 1. The number of aromatic hydroxyl groups is 1. The van der Waals surface area contributed by atoms with Gasteiger partial charge in [0.2, 0.25) is 5.43 Å². The Hall–Kier alpha value is -3.34. The fourth-order valence-corrected chi connectivity index (χ4v) is 5.78. The number of carbonyl (C=O) groups excluding carboxylic acids is 2. The lowest BCUT2D eigenvalue weighted by Crippen LogP contribution is -2.52. The van der Waals surface area contributed by atoms with Gasteiger partial charge in [0, 0.05) is 43.8 Å². The van der Waals surface area contributed by atoms with Gasteiger partial charge in [0.15, 0.2) is 11.4 Å². The largest absolute Gasteiger partial charge is 0.503 e. The molecule has 180 valence electrons. The van der Waals surface area contributed by atoms with Crippen molar-refractivity contribution in [3.8, 4) is 5.75 Å². The van der Waals surface area contributed by atoms with Crippen molar-refractivity contribution in [2.45, 2.75) is 50.3 Å². The van der Waals surface area contributed by atoms with E-state index in [0.29, 0.717) is 31.5 Å². The molecule has 3 N–H and O–H groups in total. The molecule has 1 fully saturated rings. The minimum Gasteiger partial charge on any atom is -0.503 e. The van der Waals surface area contributed by atoms with Crippen molar-refractivity contribution >= 4 is 11.8 Å². The van der Waals surface area contributed by atoms with Crippen molar-refractivity contribution in [1.82, 2.24) is 14.8 Å². The second-order valence-electron chi connectivity index (χ2n) is 9.47. The van der Waals surface area contributed by atoms with Crippen LogP contribution in [0.3, 0.4) is 0 Å². The molecule has 4 heterocycles. The average molecular weight is 477 g/mol. The average Bonchev–Trinajstić information content (AvgIpc) is 2.86. The van der Waals surface area contributed by atoms with E-state index >= 15 is 0 Å². The molecule has 0 radical (unpaired) electrons. The minimum absolute atomic E-state index is 0.112. The predicted octanol–water partition coefficient (Wildman–Crippen LogP) is 1.85. The molecule has 2 amide bonds. The van der Waals surface area contributed by atoms with Gasteiger partial charge in [0.25, 0.3) is 11.8 Å². The van der Waals surface area contributed by atoms with E-state index in [1.807, 2.05) is 0 Å². The van der Waals surface area contributed by atoms with Gasteiger partial charge in [-0.2, -0.15) is 0 Å². The third-order valence-electron chi connectivity index (χ3n) is 7.06. The number of halogens is 3. The Bertz CT molecular complexity index is 1300.